The number of rotatable bonds is 6. The van der Waals surface area contributed by atoms with E-state index < -0.39 is 11.0 Å². The number of benzene rings is 2. The predicted octanol–water partition coefficient (Wildman–Crippen LogP) is 5.51. The highest BCUT2D eigenvalue weighted by molar-refractivity contribution is 9.10. The van der Waals surface area contributed by atoms with Crippen molar-refractivity contribution in [1.82, 2.24) is 4.72 Å². The lowest BCUT2D eigenvalue weighted by atomic mass is 9.88. The summed E-state index contributed by atoms with van der Waals surface area (Å²) in [7, 11) is -1.18. The average Bonchev–Trinajstić information content (AvgIpc) is 2.56. The molecule has 2 aromatic rings. The molecule has 4 heteroatoms. The van der Waals surface area contributed by atoms with Crippen molar-refractivity contribution in [3.8, 4) is 0 Å². The molecule has 0 aliphatic rings. The van der Waals surface area contributed by atoms with Crippen LogP contribution in [0.2, 0.25) is 0 Å². The Bertz CT molecular complexity index is 692. The number of hydrogen-bond donors (Lipinski definition) is 1. The topological polar surface area (TPSA) is 29.1 Å². The van der Waals surface area contributed by atoms with Crippen LogP contribution < -0.4 is 4.72 Å². The molecule has 0 radical (unpaired) electrons. The van der Waals surface area contributed by atoms with Crippen molar-refractivity contribution < 1.29 is 4.21 Å². The van der Waals surface area contributed by atoms with Crippen LogP contribution in [0.15, 0.2) is 71.7 Å². The molecule has 0 amide bonds. The molecule has 2 rings (SSSR count). The van der Waals surface area contributed by atoms with E-state index in [0.29, 0.717) is 0 Å². The molecule has 0 fully saturated rings. The molecule has 2 nitrogen and oxygen atoms in total. The molecule has 0 aromatic heterocycles. The third kappa shape index (κ3) is 4.88. The van der Waals surface area contributed by atoms with Crippen LogP contribution in [0, 0.1) is 0 Å². The second-order valence-corrected chi connectivity index (χ2v) is 9.61. The largest absolute Gasteiger partial charge is 0.242 e. The first-order chi connectivity index (χ1) is 11.3. The second-order valence-electron chi connectivity index (χ2n) is 6.70. The Morgan fingerprint density at radius 1 is 1.04 bits per heavy atom. The van der Waals surface area contributed by atoms with E-state index in [0.717, 1.165) is 15.6 Å². The minimum atomic E-state index is -1.18. The fourth-order valence-electron chi connectivity index (χ4n) is 2.45. The third-order valence-electron chi connectivity index (χ3n) is 3.82. The normalized spacial score (nSPS) is 15.5. The third-order valence-corrected chi connectivity index (χ3v) is 5.93. The smallest absolute Gasteiger partial charge is 0.0976 e. The van der Waals surface area contributed by atoms with Crippen LogP contribution in [0.1, 0.15) is 43.9 Å². The Hall–Kier alpha value is -1.23. The maximum absolute atomic E-state index is 12.7. The van der Waals surface area contributed by atoms with E-state index in [2.05, 4.69) is 51.5 Å². The summed E-state index contributed by atoms with van der Waals surface area (Å²) in [5.41, 5.74) is 2.24. The van der Waals surface area contributed by atoms with Crippen molar-refractivity contribution in [2.75, 3.05) is 0 Å². The van der Waals surface area contributed by atoms with Crippen LogP contribution >= 0.6 is 15.9 Å². The molecule has 0 saturated carbocycles. The minimum Gasteiger partial charge on any atom is -0.242 e. The molecule has 3 atom stereocenters. The zero-order valence-corrected chi connectivity index (χ0v) is 16.7. The summed E-state index contributed by atoms with van der Waals surface area (Å²) >= 11 is 3.47. The van der Waals surface area contributed by atoms with Gasteiger partial charge in [-0.15, -0.1) is 6.58 Å². The quantitative estimate of drug-likeness (QED) is 0.630. The van der Waals surface area contributed by atoms with Gasteiger partial charge in [-0.25, -0.2) is 8.93 Å². The molecule has 0 saturated heterocycles. The van der Waals surface area contributed by atoms with E-state index in [4.69, 9.17) is 0 Å². The Kier molecular flexibility index (Phi) is 6.55. The van der Waals surface area contributed by atoms with Gasteiger partial charge in [0.25, 0.3) is 0 Å². The summed E-state index contributed by atoms with van der Waals surface area (Å²) in [6.45, 7) is 9.94. The van der Waals surface area contributed by atoms with Gasteiger partial charge in [0.05, 0.1) is 21.8 Å². The van der Waals surface area contributed by atoms with Gasteiger partial charge in [-0.3, -0.25) is 0 Å². The highest BCUT2D eigenvalue weighted by Crippen LogP contribution is 2.33. The van der Waals surface area contributed by atoms with Crippen LogP contribution in [0.5, 0.6) is 0 Å². The minimum absolute atomic E-state index is 0.0202. The Labute approximate surface area is 156 Å². The molecule has 1 N–H and O–H groups in total. The van der Waals surface area contributed by atoms with Gasteiger partial charge in [0.2, 0.25) is 0 Å². The highest BCUT2D eigenvalue weighted by Gasteiger charge is 2.28. The van der Waals surface area contributed by atoms with Gasteiger partial charge < -0.3 is 0 Å². The fourth-order valence-corrected chi connectivity index (χ4v) is 3.58. The van der Waals surface area contributed by atoms with Crippen LogP contribution in [-0.4, -0.2) is 8.96 Å². The summed E-state index contributed by atoms with van der Waals surface area (Å²) in [6.07, 6.45) is 1.92. The van der Waals surface area contributed by atoms with Crippen molar-refractivity contribution in [3.05, 3.63) is 82.9 Å². The first-order valence-electron chi connectivity index (χ1n) is 7.94. The van der Waals surface area contributed by atoms with Crippen molar-refractivity contribution in [3.63, 3.8) is 0 Å². The van der Waals surface area contributed by atoms with Crippen LogP contribution in [-0.2, 0) is 11.0 Å². The zero-order valence-electron chi connectivity index (χ0n) is 14.3. The standard InChI is InChI=1S/C20H24BrNOS/c1-5-18(15-11-13-17(21)14-12-15)19(16-9-7-6-8-10-16)22-24(23)20(2,3)4/h5-14,18-19,22H,1H2,2-4H3/t18-,19+,24-/m1/s1. The molecule has 0 aliphatic heterocycles. The maximum Gasteiger partial charge on any atom is 0.0976 e. The molecule has 24 heavy (non-hydrogen) atoms. The molecule has 0 bridgehead atoms. The van der Waals surface area contributed by atoms with Gasteiger partial charge in [0.15, 0.2) is 0 Å². The van der Waals surface area contributed by atoms with Gasteiger partial charge in [-0.2, -0.15) is 0 Å². The van der Waals surface area contributed by atoms with E-state index >= 15 is 0 Å². The SMILES string of the molecule is C=C[C@H](c1ccc(Br)cc1)[C@@H](N[S@](=O)C(C)(C)C)c1ccccc1. The average molecular weight is 406 g/mol. The Balaban J connectivity index is 2.41. The lowest BCUT2D eigenvalue weighted by Gasteiger charge is -2.29. The first kappa shape index (κ1) is 19.1. The van der Waals surface area contributed by atoms with E-state index in [1.807, 2.05) is 57.2 Å². The zero-order chi connectivity index (χ0) is 17.7. The molecule has 128 valence electrons. The number of halogens is 1. The maximum atomic E-state index is 12.7. The molecular formula is C20H24BrNOS. The van der Waals surface area contributed by atoms with Crippen molar-refractivity contribution >= 4 is 26.9 Å². The Morgan fingerprint density at radius 2 is 1.62 bits per heavy atom. The van der Waals surface area contributed by atoms with Crippen molar-refractivity contribution in [2.24, 2.45) is 0 Å². The van der Waals surface area contributed by atoms with E-state index in [1.54, 1.807) is 0 Å². The second kappa shape index (κ2) is 8.24. The van der Waals surface area contributed by atoms with E-state index in [1.165, 1.54) is 0 Å². The summed E-state index contributed by atoms with van der Waals surface area (Å²) in [5.74, 6) is 0.0202. The lowest BCUT2D eigenvalue weighted by molar-refractivity contribution is 0.566. The van der Waals surface area contributed by atoms with Crippen LogP contribution in [0.25, 0.3) is 0 Å². The van der Waals surface area contributed by atoms with Crippen molar-refractivity contribution in [1.29, 1.82) is 0 Å². The molecular weight excluding hydrogens is 382 g/mol. The predicted molar refractivity (Wildman–Crippen MR) is 107 cm³/mol. The molecule has 0 spiro atoms. The number of hydrogen-bond acceptors (Lipinski definition) is 1. The summed E-state index contributed by atoms with van der Waals surface area (Å²) in [6, 6.07) is 18.2. The fraction of sp³-hybridized carbons (Fsp3) is 0.300. The first-order valence-corrected chi connectivity index (χ1v) is 9.88. The van der Waals surface area contributed by atoms with Crippen molar-refractivity contribution in [2.45, 2.75) is 37.5 Å². The molecule has 0 heterocycles. The summed E-state index contributed by atoms with van der Waals surface area (Å²) < 4.78 is 16.7. The van der Waals surface area contributed by atoms with E-state index in [9.17, 15) is 4.21 Å². The summed E-state index contributed by atoms with van der Waals surface area (Å²) in [4.78, 5) is 0. The van der Waals surface area contributed by atoms with E-state index in [-0.39, 0.29) is 16.7 Å². The van der Waals surface area contributed by atoms with Gasteiger partial charge in [0, 0.05) is 10.4 Å². The van der Waals surface area contributed by atoms with Gasteiger partial charge in [0.1, 0.15) is 0 Å². The van der Waals surface area contributed by atoms with Crippen LogP contribution in [0.3, 0.4) is 0 Å². The molecule has 0 unspecified atom stereocenters. The lowest BCUT2D eigenvalue weighted by Crippen LogP contribution is -2.37. The van der Waals surface area contributed by atoms with Gasteiger partial charge >= 0.3 is 0 Å². The Morgan fingerprint density at radius 3 is 2.12 bits per heavy atom. The molecule has 2 aromatic carbocycles. The highest BCUT2D eigenvalue weighted by atomic mass is 79.9. The monoisotopic (exact) mass is 405 g/mol. The van der Waals surface area contributed by atoms with Gasteiger partial charge in [-0.1, -0.05) is 64.5 Å². The number of nitrogens with one attached hydrogen (secondary N) is 1. The summed E-state index contributed by atoms with van der Waals surface area (Å²) in [5, 5.41) is 0. The molecule has 0 aliphatic carbocycles. The van der Waals surface area contributed by atoms with Crippen LogP contribution in [0.4, 0.5) is 0 Å². The van der Waals surface area contributed by atoms with Gasteiger partial charge in [-0.05, 0) is 44.0 Å².